The van der Waals surface area contributed by atoms with E-state index >= 15 is 0 Å². The first-order valence-electron chi connectivity index (χ1n) is 6.16. The minimum Gasteiger partial charge on any atom is -0.497 e. The van der Waals surface area contributed by atoms with Crippen LogP contribution in [0.15, 0.2) is 24.3 Å². The van der Waals surface area contributed by atoms with E-state index in [1.54, 1.807) is 45.2 Å². The van der Waals surface area contributed by atoms with Gasteiger partial charge in [0.1, 0.15) is 5.75 Å². The number of benzene rings is 1. The number of methoxy groups -OCH3 is 1. The fourth-order valence-corrected chi connectivity index (χ4v) is 1.45. The molecule has 4 nitrogen and oxygen atoms in total. The normalized spacial score (nSPS) is 13.6. The summed E-state index contributed by atoms with van der Waals surface area (Å²) in [5, 5.41) is 0. The summed E-state index contributed by atoms with van der Waals surface area (Å²) in [6.45, 7) is 3.33. The van der Waals surface area contributed by atoms with Crippen LogP contribution in [0.2, 0.25) is 0 Å². The highest BCUT2D eigenvalue weighted by atomic mass is 19.4. The monoisotopic (exact) mass is 292 g/mol. The predicted molar refractivity (Wildman–Crippen MR) is 69.0 cm³/mol. The summed E-state index contributed by atoms with van der Waals surface area (Å²) < 4.78 is 47.7. The zero-order valence-corrected chi connectivity index (χ0v) is 11.6. The first-order valence-corrected chi connectivity index (χ1v) is 6.16. The van der Waals surface area contributed by atoms with Crippen LogP contribution in [-0.2, 0) is 11.3 Å². The van der Waals surface area contributed by atoms with Crippen molar-refractivity contribution in [2.75, 3.05) is 7.11 Å². The lowest BCUT2D eigenvalue weighted by Gasteiger charge is -2.24. The molecule has 2 N–H and O–H groups in total. The summed E-state index contributed by atoms with van der Waals surface area (Å²) >= 11 is 0. The Kier molecular flexibility index (Phi) is 6.25. The molecular formula is C13H19F3N2O2. The van der Waals surface area contributed by atoms with E-state index in [4.69, 9.17) is 9.47 Å². The third-order valence-corrected chi connectivity index (χ3v) is 2.39. The van der Waals surface area contributed by atoms with Crippen molar-refractivity contribution in [3.63, 3.8) is 0 Å². The lowest BCUT2D eigenvalue weighted by Crippen LogP contribution is -2.51. The second-order valence-electron chi connectivity index (χ2n) is 4.45. The molecule has 0 bridgehead atoms. The zero-order valence-electron chi connectivity index (χ0n) is 11.6. The van der Waals surface area contributed by atoms with Gasteiger partial charge in [-0.25, -0.2) is 5.43 Å². The SMILES string of the molecule is COc1ccc(CNNC(OC(C)C)C(F)(F)F)cc1. The summed E-state index contributed by atoms with van der Waals surface area (Å²) in [6, 6.07) is 7.00. The molecule has 0 aromatic heterocycles. The molecule has 114 valence electrons. The maximum atomic E-state index is 12.7. The Bertz CT molecular complexity index is 394. The van der Waals surface area contributed by atoms with Crippen molar-refractivity contribution < 1.29 is 22.6 Å². The number of halogens is 3. The lowest BCUT2D eigenvalue weighted by atomic mass is 10.2. The summed E-state index contributed by atoms with van der Waals surface area (Å²) in [5.41, 5.74) is 5.48. The number of hydrogen-bond donors (Lipinski definition) is 2. The van der Waals surface area contributed by atoms with Crippen molar-refractivity contribution in [1.29, 1.82) is 0 Å². The lowest BCUT2D eigenvalue weighted by molar-refractivity contribution is -0.243. The number of hydrazine groups is 1. The van der Waals surface area contributed by atoms with Crippen LogP contribution in [-0.4, -0.2) is 25.6 Å². The highest BCUT2D eigenvalue weighted by Gasteiger charge is 2.41. The smallest absolute Gasteiger partial charge is 0.429 e. The van der Waals surface area contributed by atoms with Gasteiger partial charge in [0.25, 0.3) is 0 Å². The van der Waals surface area contributed by atoms with Gasteiger partial charge in [-0.15, -0.1) is 0 Å². The molecule has 20 heavy (non-hydrogen) atoms. The second kappa shape index (κ2) is 7.47. The maximum Gasteiger partial charge on any atom is 0.429 e. The largest absolute Gasteiger partial charge is 0.497 e. The van der Waals surface area contributed by atoms with Crippen LogP contribution in [0.3, 0.4) is 0 Å². The molecule has 0 saturated heterocycles. The fourth-order valence-electron chi connectivity index (χ4n) is 1.45. The standard InChI is InChI=1S/C13H19F3N2O2/c1-9(2)20-12(13(14,15)16)18-17-8-10-4-6-11(19-3)7-5-10/h4-7,9,12,17-18H,8H2,1-3H3. The Morgan fingerprint density at radius 3 is 2.20 bits per heavy atom. The molecule has 1 unspecified atom stereocenters. The first kappa shape index (κ1) is 16.7. The quantitative estimate of drug-likeness (QED) is 0.599. The highest BCUT2D eigenvalue weighted by molar-refractivity contribution is 5.26. The van der Waals surface area contributed by atoms with E-state index in [2.05, 4.69) is 10.9 Å². The Hall–Kier alpha value is -1.31. The predicted octanol–water partition coefficient (Wildman–Crippen LogP) is 2.60. The van der Waals surface area contributed by atoms with Gasteiger partial charge in [-0.3, -0.25) is 5.43 Å². The maximum absolute atomic E-state index is 12.7. The van der Waals surface area contributed by atoms with Gasteiger partial charge < -0.3 is 9.47 Å². The molecule has 1 aromatic rings. The molecule has 0 radical (unpaired) electrons. The molecule has 0 fully saturated rings. The Morgan fingerprint density at radius 1 is 1.15 bits per heavy atom. The molecule has 1 atom stereocenters. The third-order valence-electron chi connectivity index (χ3n) is 2.39. The van der Waals surface area contributed by atoms with Crippen LogP contribution < -0.4 is 15.6 Å². The summed E-state index contributed by atoms with van der Waals surface area (Å²) in [7, 11) is 1.55. The topological polar surface area (TPSA) is 42.5 Å². The summed E-state index contributed by atoms with van der Waals surface area (Å²) in [6.07, 6.45) is -7.05. The molecule has 7 heteroatoms. The van der Waals surface area contributed by atoms with Crippen LogP contribution in [0.4, 0.5) is 13.2 Å². The van der Waals surface area contributed by atoms with Gasteiger partial charge in [0.05, 0.1) is 13.2 Å². The Labute approximate surface area is 116 Å². The van der Waals surface area contributed by atoms with E-state index < -0.39 is 18.5 Å². The fraction of sp³-hybridized carbons (Fsp3) is 0.538. The number of hydrogen-bond acceptors (Lipinski definition) is 4. The van der Waals surface area contributed by atoms with E-state index in [0.717, 1.165) is 5.56 Å². The van der Waals surface area contributed by atoms with Gasteiger partial charge in [-0.05, 0) is 31.5 Å². The molecule has 0 saturated carbocycles. The highest BCUT2D eigenvalue weighted by Crippen LogP contribution is 2.21. The number of rotatable bonds is 7. The molecule has 0 amide bonds. The molecule has 1 aromatic carbocycles. The minimum absolute atomic E-state index is 0.234. The first-order chi connectivity index (χ1) is 9.32. The van der Waals surface area contributed by atoms with Crippen molar-refractivity contribution in [2.24, 2.45) is 0 Å². The molecule has 0 aliphatic heterocycles. The van der Waals surface area contributed by atoms with Crippen LogP contribution in [0.1, 0.15) is 19.4 Å². The molecular weight excluding hydrogens is 273 g/mol. The number of ether oxygens (including phenoxy) is 2. The van der Waals surface area contributed by atoms with Crippen molar-refractivity contribution in [3.8, 4) is 5.75 Å². The number of alkyl halides is 3. The number of nitrogens with one attached hydrogen (secondary N) is 2. The minimum atomic E-state index is -4.48. The third kappa shape index (κ3) is 5.77. The van der Waals surface area contributed by atoms with E-state index in [1.807, 2.05) is 0 Å². The molecule has 0 aliphatic carbocycles. The Balaban J connectivity index is 2.47. The van der Waals surface area contributed by atoms with Gasteiger partial charge in [0, 0.05) is 6.54 Å². The molecule has 1 rings (SSSR count). The van der Waals surface area contributed by atoms with Crippen LogP contribution in [0.25, 0.3) is 0 Å². The van der Waals surface area contributed by atoms with Gasteiger partial charge in [0.2, 0.25) is 6.23 Å². The van der Waals surface area contributed by atoms with E-state index in [0.29, 0.717) is 5.75 Å². The summed E-state index contributed by atoms with van der Waals surface area (Å²) in [5.74, 6) is 0.693. The molecule has 0 heterocycles. The van der Waals surface area contributed by atoms with Crippen molar-refractivity contribution in [2.45, 2.75) is 38.9 Å². The zero-order chi connectivity index (χ0) is 15.2. The van der Waals surface area contributed by atoms with Gasteiger partial charge in [0.15, 0.2) is 0 Å². The average molecular weight is 292 g/mol. The van der Waals surface area contributed by atoms with Gasteiger partial charge in [-0.2, -0.15) is 13.2 Å². The van der Waals surface area contributed by atoms with Crippen molar-refractivity contribution in [3.05, 3.63) is 29.8 Å². The second-order valence-corrected chi connectivity index (χ2v) is 4.45. The van der Waals surface area contributed by atoms with Gasteiger partial charge >= 0.3 is 6.18 Å². The van der Waals surface area contributed by atoms with E-state index in [9.17, 15) is 13.2 Å². The van der Waals surface area contributed by atoms with Gasteiger partial charge in [-0.1, -0.05) is 12.1 Å². The van der Waals surface area contributed by atoms with E-state index in [-0.39, 0.29) is 6.54 Å². The van der Waals surface area contributed by atoms with Crippen molar-refractivity contribution >= 4 is 0 Å². The van der Waals surface area contributed by atoms with Crippen molar-refractivity contribution in [1.82, 2.24) is 10.9 Å². The Morgan fingerprint density at radius 2 is 1.75 bits per heavy atom. The summed E-state index contributed by atoms with van der Waals surface area (Å²) in [4.78, 5) is 0. The van der Waals surface area contributed by atoms with Crippen LogP contribution in [0.5, 0.6) is 5.75 Å². The van der Waals surface area contributed by atoms with Crippen LogP contribution in [0, 0.1) is 0 Å². The van der Waals surface area contributed by atoms with Crippen LogP contribution >= 0.6 is 0 Å². The molecule has 0 aliphatic rings. The molecule has 0 spiro atoms. The van der Waals surface area contributed by atoms with E-state index in [1.165, 1.54) is 0 Å². The average Bonchev–Trinajstić information content (AvgIpc) is 2.37.